The summed E-state index contributed by atoms with van der Waals surface area (Å²) in [5.41, 5.74) is 6.36. The van der Waals surface area contributed by atoms with E-state index >= 15 is 0 Å². The van der Waals surface area contributed by atoms with Gasteiger partial charge in [-0.3, -0.25) is 5.41 Å². The maximum atomic E-state index is 14.4. The average molecular weight is 325 g/mol. The van der Waals surface area contributed by atoms with Crippen LogP contribution in [0.4, 0.5) is 10.2 Å². The third kappa shape index (κ3) is 2.31. The first-order valence-electron chi connectivity index (χ1n) is 6.82. The molecule has 2 aromatic rings. The van der Waals surface area contributed by atoms with E-state index in [4.69, 9.17) is 25.7 Å². The highest BCUT2D eigenvalue weighted by atomic mass is 19.1. The molecule has 0 unspecified atom stereocenters. The molecule has 10 heteroatoms. The lowest BCUT2D eigenvalue weighted by molar-refractivity contribution is -0.0457. The molecule has 0 spiro atoms. The van der Waals surface area contributed by atoms with Crippen LogP contribution in [0.5, 0.6) is 0 Å². The minimum atomic E-state index is -1.77. The van der Waals surface area contributed by atoms with E-state index in [2.05, 4.69) is 9.97 Å². The van der Waals surface area contributed by atoms with Crippen LogP contribution in [0.2, 0.25) is 0 Å². The van der Waals surface area contributed by atoms with Crippen molar-refractivity contribution in [1.29, 1.82) is 5.41 Å². The summed E-state index contributed by atoms with van der Waals surface area (Å²) in [6, 6.07) is 0. The Morgan fingerprint density at radius 3 is 2.91 bits per heavy atom. The number of aliphatic hydroxyl groups is 2. The largest absolute Gasteiger partial charge is 0.481 e. The SMILES string of the molecule is COC(=N)c1cn([C@H]2O[C@H](CO)[C@@H](O)[C@@H]2F)c2ncnc(N)c12. The van der Waals surface area contributed by atoms with Crippen molar-refractivity contribution in [2.45, 2.75) is 24.6 Å². The van der Waals surface area contributed by atoms with Crippen LogP contribution in [0, 0.1) is 5.41 Å². The van der Waals surface area contributed by atoms with E-state index in [1.54, 1.807) is 0 Å². The van der Waals surface area contributed by atoms with Gasteiger partial charge in [0.05, 0.1) is 24.7 Å². The fourth-order valence-electron chi connectivity index (χ4n) is 2.66. The van der Waals surface area contributed by atoms with E-state index in [0.717, 1.165) is 0 Å². The lowest BCUT2D eigenvalue weighted by atomic mass is 10.1. The molecule has 3 rings (SSSR count). The molecule has 3 heterocycles. The number of fused-ring (bicyclic) bond motifs is 1. The second-order valence-electron chi connectivity index (χ2n) is 5.12. The topological polar surface area (TPSA) is 140 Å². The number of rotatable bonds is 3. The van der Waals surface area contributed by atoms with Crippen LogP contribution in [0.15, 0.2) is 12.5 Å². The molecular formula is C13H16FN5O4. The molecule has 0 amide bonds. The van der Waals surface area contributed by atoms with Crippen LogP contribution >= 0.6 is 0 Å². The van der Waals surface area contributed by atoms with Crippen molar-refractivity contribution in [3.8, 4) is 0 Å². The van der Waals surface area contributed by atoms with Gasteiger partial charge in [0.15, 0.2) is 12.4 Å². The van der Waals surface area contributed by atoms with Gasteiger partial charge in [0.25, 0.3) is 0 Å². The number of ether oxygens (including phenoxy) is 2. The standard InChI is InChI=1S/C13H16FN5O4/c1-22-11(16)5-2-19(12-7(5)10(15)17-4-18-12)13-8(14)9(21)6(3-20)23-13/h2,4,6,8-9,13,16,20-21H,3H2,1H3,(H2,15,17,18)/t6-,8+,9-,13+/m1/s1. The number of nitrogens with two attached hydrogens (primary N) is 1. The number of halogens is 1. The molecular weight excluding hydrogens is 309 g/mol. The summed E-state index contributed by atoms with van der Waals surface area (Å²) < 4.78 is 25.9. The minimum Gasteiger partial charge on any atom is -0.481 e. The van der Waals surface area contributed by atoms with Gasteiger partial charge >= 0.3 is 0 Å². The third-order valence-electron chi connectivity index (χ3n) is 3.84. The first-order valence-corrected chi connectivity index (χ1v) is 6.82. The molecule has 0 saturated carbocycles. The van der Waals surface area contributed by atoms with Gasteiger partial charge in [0, 0.05) is 6.20 Å². The molecule has 0 bridgehead atoms. The Morgan fingerprint density at radius 1 is 1.57 bits per heavy atom. The number of methoxy groups -OCH3 is 1. The average Bonchev–Trinajstić information content (AvgIpc) is 3.07. The van der Waals surface area contributed by atoms with Gasteiger partial charge in [-0.25, -0.2) is 14.4 Å². The monoisotopic (exact) mass is 325 g/mol. The number of anilines is 1. The fraction of sp³-hybridized carbons (Fsp3) is 0.462. The highest BCUT2D eigenvalue weighted by Gasteiger charge is 2.45. The molecule has 0 aliphatic carbocycles. The Bertz CT molecular complexity index is 751. The Balaban J connectivity index is 2.16. The summed E-state index contributed by atoms with van der Waals surface area (Å²) in [6.07, 6.45) is -2.88. The first kappa shape index (κ1) is 15.6. The van der Waals surface area contributed by atoms with Crippen molar-refractivity contribution in [3.63, 3.8) is 0 Å². The molecule has 9 nitrogen and oxygen atoms in total. The molecule has 1 fully saturated rings. The number of aromatic nitrogens is 3. The number of aliphatic hydroxyl groups excluding tert-OH is 2. The van der Waals surface area contributed by atoms with Gasteiger partial charge in [-0.2, -0.15) is 0 Å². The molecule has 0 aromatic carbocycles. The Hall–Kier alpha value is -2.30. The van der Waals surface area contributed by atoms with Gasteiger partial charge in [-0.15, -0.1) is 0 Å². The number of hydrogen-bond donors (Lipinski definition) is 4. The van der Waals surface area contributed by atoms with Crippen LogP contribution < -0.4 is 5.73 Å². The fourth-order valence-corrected chi connectivity index (χ4v) is 2.66. The van der Waals surface area contributed by atoms with Crippen LogP contribution in [0.25, 0.3) is 11.0 Å². The van der Waals surface area contributed by atoms with Crippen LogP contribution in [0.1, 0.15) is 11.8 Å². The number of hydrogen-bond acceptors (Lipinski definition) is 8. The van der Waals surface area contributed by atoms with Crippen molar-refractivity contribution in [1.82, 2.24) is 14.5 Å². The highest BCUT2D eigenvalue weighted by molar-refractivity contribution is 6.08. The van der Waals surface area contributed by atoms with E-state index < -0.39 is 31.2 Å². The summed E-state index contributed by atoms with van der Waals surface area (Å²) in [4.78, 5) is 7.93. The van der Waals surface area contributed by atoms with E-state index in [-0.39, 0.29) is 22.9 Å². The summed E-state index contributed by atoms with van der Waals surface area (Å²) >= 11 is 0. The first-order chi connectivity index (χ1) is 11.0. The van der Waals surface area contributed by atoms with Crippen LogP contribution in [-0.2, 0) is 9.47 Å². The second kappa shape index (κ2) is 5.72. The van der Waals surface area contributed by atoms with Crippen LogP contribution in [0.3, 0.4) is 0 Å². The highest BCUT2D eigenvalue weighted by Crippen LogP contribution is 2.36. The zero-order valence-corrected chi connectivity index (χ0v) is 12.2. The molecule has 2 aromatic heterocycles. The van der Waals surface area contributed by atoms with Crippen molar-refractivity contribution >= 4 is 22.7 Å². The third-order valence-corrected chi connectivity index (χ3v) is 3.84. The Morgan fingerprint density at radius 2 is 2.30 bits per heavy atom. The number of nitrogen functional groups attached to an aromatic ring is 1. The van der Waals surface area contributed by atoms with Crippen molar-refractivity contribution in [3.05, 3.63) is 18.1 Å². The van der Waals surface area contributed by atoms with Crippen LogP contribution in [-0.4, -0.2) is 62.7 Å². The van der Waals surface area contributed by atoms with Gasteiger partial charge in [0.2, 0.25) is 5.90 Å². The molecule has 0 radical (unpaired) electrons. The summed E-state index contributed by atoms with van der Waals surface area (Å²) in [5.74, 6) is -0.0823. The zero-order valence-electron chi connectivity index (χ0n) is 12.2. The zero-order chi connectivity index (χ0) is 16.7. The van der Waals surface area contributed by atoms with Crippen molar-refractivity contribution in [2.24, 2.45) is 0 Å². The maximum absolute atomic E-state index is 14.4. The predicted octanol–water partition coefficient (Wildman–Crippen LogP) is -0.426. The quantitative estimate of drug-likeness (QED) is 0.443. The minimum absolute atomic E-state index is 0.109. The lowest BCUT2D eigenvalue weighted by Gasteiger charge is -2.15. The van der Waals surface area contributed by atoms with Gasteiger partial charge in [-0.05, 0) is 0 Å². The predicted molar refractivity (Wildman–Crippen MR) is 77.7 cm³/mol. The summed E-state index contributed by atoms with van der Waals surface area (Å²) in [6.45, 7) is -0.519. The second-order valence-corrected chi connectivity index (χ2v) is 5.12. The van der Waals surface area contributed by atoms with E-state index in [0.29, 0.717) is 5.39 Å². The maximum Gasteiger partial charge on any atom is 0.215 e. The molecule has 1 aliphatic rings. The Labute approximate surface area is 130 Å². The van der Waals surface area contributed by atoms with Gasteiger partial charge in [0.1, 0.15) is 30.0 Å². The van der Waals surface area contributed by atoms with E-state index in [1.807, 2.05) is 0 Å². The number of alkyl halides is 1. The van der Waals surface area contributed by atoms with Gasteiger partial charge < -0.3 is 30.0 Å². The molecule has 5 N–H and O–H groups in total. The van der Waals surface area contributed by atoms with Crippen molar-refractivity contribution in [2.75, 3.05) is 19.5 Å². The molecule has 4 atom stereocenters. The van der Waals surface area contributed by atoms with Crippen molar-refractivity contribution < 1.29 is 24.1 Å². The van der Waals surface area contributed by atoms with Gasteiger partial charge in [-0.1, -0.05) is 0 Å². The normalized spacial score (nSPS) is 27.5. The Kier molecular flexibility index (Phi) is 3.88. The molecule has 23 heavy (non-hydrogen) atoms. The molecule has 1 saturated heterocycles. The molecule has 1 aliphatic heterocycles. The molecule has 124 valence electrons. The lowest BCUT2D eigenvalue weighted by Crippen LogP contribution is -2.30. The number of nitrogens with one attached hydrogen (secondary N) is 1. The van der Waals surface area contributed by atoms with E-state index in [1.165, 1.54) is 24.2 Å². The smallest absolute Gasteiger partial charge is 0.215 e. The van der Waals surface area contributed by atoms with E-state index in [9.17, 15) is 9.50 Å². The summed E-state index contributed by atoms with van der Waals surface area (Å²) in [7, 11) is 1.32. The number of nitrogens with zero attached hydrogens (tertiary/aromatic N) is 3. The summed E-state index contributed by atoms with van der Waals surface area (Å²) in [5, 5.41) is 27.1.